The van der Waals surface area contributed by atoms with Gasteiger partial charge in [-0.2, -0.15) is 0 Å². The van der Waals surface area contributed by atoms with Crippen molar-refractivity contribution in [3.63, 3.8) is 0 Å². The van der Waals surface area contributed by atoms with Crippen LogP contribution in [-0.4, -0.2) is 53.1 Å². The third-order valence-electron chi connectivity index (χ3n) is 2.86. The van der Waals surface area contributed by atoms with Crippen LogP contribution < -0.4 is 4.74 Å². The summed E-state index contributed by atoms with van der Waals surface area (Å²) in [7, 11) is 3.47. The van der Waals surface area contributed by atoms with Crippen LogP contribution in [0.5, 0.6) is 5.75 Å². The molecule has 1 aromatic heterocycles. The van der Waals surface area contributed by atoms with Crippen LogP contribution in [0.3, 0.4) is 0 Å². The summed E-state index contributed by atoms with van der Waals surface area (Å²) >= 11 is 5.07. The lowest BCUT2D eigenvalue weighted by Gasteiger charge is -2.31. The summed E-state index contributed by atoms with van der Waals surface area (Å²) in [6.45, 7) is 2.95. The lowest BCUT2D eigenvalue weighted by Crippen LogP contribution is -2.46. The molecule has 1 fully saturated rings. The van der Waals surface area contributed by atoms with Crippen molar-refractivity contribution in [1.29, 1.82) is 0 Å². The minimum absolute atomic E-state index is 0.173. The smallest absolute Gasteiger partial charge is 0.329 e. The average molecular weight is 351 g/mol. The summed E-state index contributed by atoms with van der Waals surface area (Å²) in [6.07, 6.45) is 2.62. The van der Waals surface area contributed by atoms with Gasteiger partial charge >= 0.3 is 11.9 Å². The molecule has 2 rings (SSSR count). The fourth-order valence-electron chi connectivity index (χ4n) is 1.74. The standard InChI is InChI=1S/C15H17N3O5S/c1-15(2)22-12(19)9(13(20)23-15)8-17-11-10(6-5-7-16-11)21-14(24)18(3)4/h5-9H,1-4H3. The first-order chi connectivity index (χ1) is 11.2. The van der Waals surface area contributed by atoms with Crippen LogP contribution in [0.1, 0.15) is 13.8 Å². The van der Waals surface area contributed by atoms with Gasteiger partial charge in [0.25, 0.3) is 11.0 Å². The second-order valence-electron chi connectivity index (χ2n) is 5.59. The topological polar surface area (TPSA) is 90.3 Å². The zero-order chi connectivity index (χ0) is 17.9. The van der Waals surface area contributed by atoms with Crippen LogP contribution in [-0.2, 0) is 19.1 Å². The molecule has 0 radical (unpaired) electrons. The second kappa shape index (κ2) is 6.91. The van der Waals surface area contributed by atoms with Crippen molar-refractivity contribution in [2.75, 3.05) is 14.1 Å². The number of pyridine rings is 1. The van der Waals surface area contributed by atoms with Crippen LogP contribution in [0.15, 0.2) is 23.3 Å². The van der Waals surface area contributed by atoms with E-state index in [0.29, 0.717) is 5.75 Å². The van der Waals surface area contributed by atoms with Crippen LogP contribution in [0, 0.1) is 5.92 Å². The largest absolute Gasteiger partial charge is 0.428 e. The number of nitrogens with zero attached hydrogens (tertiary/aromatic N) is 3. The summed E-state index contributed by atoms with van der Waals surface area (Å²) in [4.78, 5) is 33.5. The highest BCUT2D eigenvalue weighted by molar-refractivity contribution is 7.80. The predicted octanol–water partition coefficient (Wildman–Crippen LogP) is 1.46. The molecule has 0 amide bonds. The van der Waals surface area contributed by atoms with E-state index in [1.54, 1.807) is 31.1 Å². The fraction of sp³-hybridized carbons (Fsp3) is 0.400. The number of carbonyl (C=O) groups is 2. The highest BCUT2D eigenvalue weighted by atomic mass is 32.1. The van der Waals surface area contributed by atoms with Crippen LogP contribution in [0.2, 0.25) is 0 Å². The molecule has 128 valence electrons. The number of ether oxygens (including phenoxy) is 3. The molecule has 1 aliphatic rings. The van der Waals surface area contributed by atoms with E-state index in [9.17, 15) is 9.59 Å². The van der Waals surface area contributed by atoms with E-state index in [0.717, 1.165) is 6.21 Å². The van der Waals surface area contributed by atoms with Crippen LogP contribution in [0.4, 0.5) is 5.82 Å². The van der Waals surface area contributed by atoms with Crippen molar-refractivity contribution in [3.05, 3.63) is 18.3 Å². The number of hydrogen-bond donors (Lipinski definition) is 0. The van der Waals surface area contributed by atoms with E-state index >= 15 is 0 Å². The molecule has 1 aromatic rings. The molecule has 2 heterocycles. The molecule has 0 spiro atoms. The number of carbonyl (C=O) groups excluding carboxylic acids is 2. The van der Waals surface area contributed by atoms with Gasteiger partial charge in [0, 0.05) is 40.4 Å². The Bertz CT molecular complexity index is 682. The third-order valence-corrected chi connectivity index (χ3v) is 3.31. The summed E-state index contributed by atoms with van der Waals surface area (Å²) in [5.74, 6) is -3.54. The van der Waals surface area contributed by atoms with Crippen molar-refractivity contribution < 1.29 is 23.8 Å². The van der Waals surface area contributed by atoms with E-state index in [1.807, 2.05) is 0 Å². The molecule has 0 saturated carbocycles. The van der Waals surface area contributed by atoms with Gasteiger partial charge in [-0.25, -0.2) is 9.98 Å². The van der Waals surface area contributed by atoms with Gasteiger partial charge in [-0.15, -0.1) is 0 Å². The monoisotopic (exact) mass is 351 g/mol. The fourth-order valence-corrected chi connectivity index (χ4v) is 1.83. The highest BCUT2D eigenvalue weighted by Crippen LogP contribution is 2.26. The van der Waals surface area contributed by atoms with Crippen molar-refractivity contribution in [1.82, 2.24) is 9.88 Å². The normalized spacial score (nSPS) is 17.3. The van der Waals surface area contributed by atoms with Gasteiger partial charge in [-0.05, 0) is 24.4 Å². The predicted molar refractivity (Wildman–Crippen MR) is 89.1 cm³/mol. The third kappa shape index (κ3) is 4.25. The Morgan fingerprint density at radius 2 is 2.00 bits per heavy atom. The first kappa shape index (κ1) is 17.8. The lowest BCUT2D eigenvalue weighted by atomic mass is 10.1. The number of hydrogen-bond acceptors (Lipinski definition) is 8. The lowest BCUT2D eigenvalue weighted by molar-refractivity contribution is -0.235. The minimum atomic E-state index is -1.28. The van der Waals surface area contributed by atoms with Gasteiger partial charge in [0.15, 0.2) is 17.5 Å². The Kier molecular flexibility index (Phi) is 5.13. The van der Waals surface area contributed by atoms with E-state index < -0.39 is 23.6 Å². The Hall–Kier alpha value is -2.55. The molecule has 0 unspecified atom stereocenters. The van der Waals surface area contributed by atoms with Gasteiger partial charge < -0.3 is 19.1 Å². The van der Waals surface area contributed by atoms with Crippen molar-refractivity contribution in [2.24, 2.45) is 10.9 Å². The molecule has 0 atom stereocenters. The molecule has 0 aliphatic carbocycles. The zero-order valence-electron chi connectivity index (χ0n) is 13.7. The summed E-state index contributed by atoms with van der Waals surface area (Å²) in [5, 5.41) is 0.220. The molecular weight excluding hydrogens is 334 g/mol. The maximum absolute atomic E-state index is 11.9. The Morgan fingerprint density at radius 1 is 1.38 bits per heavy atom. The van der Waals surface area contributed by atoms with Crippen molar-refractivity contribution >= 4 is 41.4 Å². The SMILES string of the molecule is CN(C)C(=S)Oc1cccnc1N=CC1C(=O)OC(C)(C)OC1=O. The van der Waals surface area contributed by atoms with Crippen LogP contribution >= 0.6 is 12.2 Å². The molecule has 0 aromatic carbocycles. The summed E-state index contributed by atoms with van der Waals surface area (Å²) in [6, 6.07) is 3.27. The van der Waals surface area contributed by atoms with E-state index in [2.05, 4.69) is 9.98 Å². The quantitative estimate of drug-likeness (QED) is 0.350. The maximum Gasteiger partial charge on any atom is 0.329 e. The van der Waals surface area contributed by atoms with Gasteiger partial charge in [0.2, 0.25) is 0 Å². The van der Waals surface area contributed by atoms with E-state index in [-0.39, 0.29) is 11.0 Å². The van der Waals surface area contributed by atoms with E-state index in [1.165, 1.54) is 20.0 Å². The molecule has 1 saturated heterocycles. The summed E-state index contributed by atoms with van der Waals surface area (Å²) < 4.78 is 15.5. The molecular formula is C15H17N3O5S. The average Bonchev–Trinajstić information content (AvgIpc) is 2.46. The highest BCUT2D eigenvalue weighted by Gasteiger charge is 2.42. The van der Waals surface area contributed by atoms with Gasteiger partial charge in [0.05, 0.1) is 0 Å². The van der Waals surface area contributed by atoms with Crippen molar-refractivity contribution in [2.45, 2.75) is 19.6 Å². The van der Waals surface area contributed by atoms with E-state index in [4.69, 9.17) is 26.4 Å². The summed E-state index contributed by atoms with van der Waals surface area (Å²) in [5.41, 5.74) is 0. The number of thiocarbonyl (C=S) groups is 1. The Balaban J connectivity index is 2.19. The van der Waals surface area contributed by atoms with Gasteiger partial charge in [0.1, 0.15) is 0 Å². The Morgan fingerprint density at radius 3 is 2.58 bits per heavy atom. The maximum atomic E-state index is 11.9. The zero-order valence-corrected chi connectivity index (χ0v) is 14.5. The number of rotatable bonds is 3. The number of esters is 2. The molecule has 8 nitrogen and oxygen atoms in total. The number of aromatic nitrogens is 1. The minimum Gasteiger partial charge on any atom is -0.428 e. The van der Waals surface area contributed by atoms with Gasteiger partial charge in [-0.1, -0.05) is 0 Å². The Labute approximate surface area is 144 Å². The molecule has 24 heavy (non-hydrogen) atoms. The molecule has 1 aliphatic heterocycles. The molecule has 0 N–H and O–H groups in total. The molecule has 9 heteroatoms. The first-order valence-electron chi connectivity index (χ1n) is 7.03. The van der Waals surface area contributed by atoms with Gasteiger partial charge in [-0.3, -0.25) is 9.59 Å². The second-order valence-corrected chi connectivity index (χ2v) is 5.93. The van der Waals surface area contributed by atoms with Crippen LogP contribution in [0.25, 0.3) is 0 Å². The number of cyclic esters (lactones) is 2. The number of aliphatic imine (C=N–C) groups is 1. The molecule has 0 bridgehead atoms. The first-order valence-corrected chi connectivity index (χ1v) is 7.44. The van der Waals surface area contributed by atoms with Crippen molar-refractivity contribution in [3.8, 4) is 5.75 Å².